The van der Waals surface area contributed by atoms with Gasteiger partial charge in [-0.05, 0) is 26.3 Å². The van der Waals surface area contributed by atoms with Crippen LogP contribution in [0.4, 0.5) is 0 Å². The van der Waals surface area contributed by atoms with Gasteiger partial charge in [-0.2, -0.15) is 0 Å². The van der Waals surface area contributed by atoms with Crippen molar-refractivity contribution in [3.63, 3.8) is 0 Å². The lowest BCUT2D eigenvalue weighted by Crippen LogP contribution is -2.43. The fourth-order valence-electron chi connectivity index (χ4n) is 2.39. The van der Waals surface area contributed by atoms with Crippen molar-refractivity contribution in [1.29, 1.82) is 0 Å². The topological polar surface area (TPSA) is 88.9 Å². The Bertz CT molecular complexity index is 507. The molecule has 0 amide bonds. The van der Waals surface area contributed by atoms with E-state index in [2.05, 4.69) is 20.2 Å². The maximum Gasteiger partial charge on any atom is 0.213 e. The number of hydrogen-bond acceptors (Lipinski definition) is 5. The summed E-state index contributed by atoms with van der Waals surface area (Å²) in [4.78, 5) is 0. The number of nitrogens with zero attached hydrogens (tertiary/aromatic N) is 3. The number of nitrogens with one attached hydrogen (secondary N) is 2. The Morgan fingerprint density at radius 1 is 1.58 bits per heavy atom. The van der Waals surface area contributed by atoms with Gasteiger partial charge in [-0.1, -0.05) is 6.42 Å². The van der Waals surface area contributed by atoms with E-state index < -0.39 is 10.0 Å². The third-order valence-electron chi connectivity index (χ3n) is 3.32. The molecular weight excluding hydrogens is 266 g/mol. The minimum absolute atomic E-state index is 0.0537. The number of aromatic nitrogens is 3. The molecule has 0 radical (unpaired) electrons. The Morgan fingerprint density at radius 3 is 2.95 bits per heavy atom. The molecule has 1 fully saturated rings. The smallest absolute Gasteiger partial charge is 0.213 e. The van der Waals surface area contributed by atoms with E-state index in [1.54, 1.807) is 24.9 Å². The van der Waals surface area contributed by atoms with Crippen molar-refractivity contribution >= 4 is 10.0 Å². The van der Waals surface area contributed by atoms with Crippen molar-refractivity contribution in [3.8, 4) is 0 Å². The van der Waals surface area contributed by atoms with Gasteiger partial charge in [0.05, 0.1) is 11.8 Å². The van der Waals surface area contributed by atoms with Gasteiger partial charge in [0, 0.05) is 13.1 Å². The number of aryl methyl sites for hydroxylation is 1. The molecular formula is C11H21N5O2S. The molecule has 108 valence electrons. The lowest BCUT2D eigenvalue weighted by atomic mass is 10.1. The van der Waals surface area contributed by atoms with E-state index in [0.717, 1.165) is 25.8 Å². The molecule has 2 heterocycles. The highest BCUT2D eigenvalue weighted by Crippen LogP contribution is 2.12. The first-order valence-corrected chi connectivity index (χ1v) is 8.20. The SMILES string of the molecule is CC(NS(=O)(=O)CC1CCCCN1)c1nncn1C. The average Bonchev–Trinajstić information content (AvgIpc) is 2.75. The highest BCUT2D eigenvalue weighted by molar-refractivity contribution is 7.89. The standard InChI is InChI=1S/C11H21N5O2S/c1-9(11-14-13-8-16(11)2)15-19(17,18)7-10-5-3-4-6-12-10/h8-10,12,15H,3-7H2,1-2H3. The highest BCUT2D eigenvalue weighted by Gasteiger charge is 2.24. The van der Waals surface area contributed by atoms with Crippen LogP contribution in [0.3, 0.4) is 0 Å². The van der Waals surface area contributed by atoms with Crippen LogP contribution in [0, 0.1) is 0 Å². The molecule has 1 aliphatic heterocycles. The van der Waals surface area contributed by atoms with E-state index in [-0.39, 0.29) is 17.8 Å². The summed E-state index contributed by atoms with van der Waals surface area (Å²) in [6.45, 7) is 2.68. The van der Waals surface area contributed by atoms with Crippen molar-refractivity contribution in [3.05, 3.63) is 12.2 Å². The summed E-state index contributed by atoms with van der Waals surface area (Å²) in [5, 5.41) is 10.9. The fraction of sp³-hybridized carbons (Fsp3) is 0.818. The Labute approximate surface area is 113 Å². The van der Waals surface area contributed by atoms with Gasteiger partial charge in [-0.3, -0.25) is 0 Å². The molecule has 2 N–H and O–H groups in total. The molecule has 8 heteroatoms. The molecule has 1 saturated heterocycles. The first-order chi connectivity index (χ1) is 8.98. The third-order valence-corrected chi connectivity index (χ3v) is 4.88. The molecule has 19 heavy (non-hydrogen) atoms. The second kappa shape index (κ2) is 5.98. The molecule has 0 aliphatic carbocycles. The molecule has 2 atom stereocenters. The Balaban J connectivity index is 1.95. The van der Waals surface area contributed by atoms with Gasteiger partial charge in [0.15, 0.2) is 0 Å². The molecule has 1 aromatic rings. The van der Waals surface area contributed by atoms with Crippen molar-refractivity contribution in [1.82, 2.24) is 24.8 Å². The number of hydrogen-bond donors (Lipinski definition) is 2. The van der Waals surface area contributed by atoms with Crippen LogP contribution in [-0.4, -0.2) is 41.5 Å². The predicted molar refractivity (Wildman–Crippen MR) is 72.0 cm³/mol. The number of piperidine rings is 1. The quantitative estimate of drug-likeness (QED) is 0.792. The molecule has 0 aromatic carbocycles. The van der Waals surface area contributed by atoms with E-state index in [0.29, 0.717) is 5.82 Å². The van der Waals surface area contributed by atoms with Gasteiger partial charge in [0.1, 0.15) is 12.2 Å². The highest BCUT2D eigenvalue weighted by atomic mass is 32.2. The van der Waals surface area contributed by atoms with E-state index >= 15 is 0 Å². The zero-order valence-corrected chi connectivity index (χ0v) is 12.2. The van der Waals surface area contributed by atoms with Gasteiger partial charge in [0.25, 0.3) is 0 Å². The van der Waals surface area contributed by atoms with E-state index in [1.165, 1.54) is 0 Å². The molecule has 2 rings (SSSR count). The molecule has 7 nitrogen and oxygen atoms in total. The molecule has 0 saturated carbocycles. The van der Waals surface area contributed by atoms with E-state index in [1.807, 2.05) is 0 Å². The van der Waals surface area contributed by atoms with Crippen LogP contribution in [0.1, 0.15) is 38.1 Å². The van der Waals surface area contributed by atoms with Gasteiger partial charge in [0.2, 0.25) is 10.0 Å². The van der Waals surface area contributed by atoms with E-state index in [4.69, 9.17) is 0 Å². The summed E-state index contributed by atoms with van der Waals surface area (Å²) in [6, 6.07) is -0.320. The van der Waals surface area contributed by atoms with Crippen molar-refractivity contribution < 1.29 is 8.42 Å². The zero-order valence-electron chi connectivity index (χ0n) is 11.3. The van der Waals surface area contributed by atoms with Crippen LogP contribution in [0.15, 0.2) is 6.33 Å². The lowest BCUT2D eigenvalue weighted by Gasteiger charge is -2.24. The monoisotopic (exact) mass is 287 g/mol. The number of sulfonamides is 1. The van der Waals surface area contributed by atoms with Crippen molar-refractivity contribution in [2.24, 2.45) is 7.05 Å². The second-order valence-corrected chi connectivity index (χ2v) is 6.87. The van der Waals surface area contributed by atoms with Crippen LogP contribution in [0.25, 0.3) is 0 Å². The first kappa shape index (κ1) is 14.4. The van der Waals surface area contributed by atoms with Crippen LogP contribution in [-0.2, 0) is 17.1 Å². The Hall–Kier alpha value is -0.990. The van der Waals surface area contributed by atoms with Gasteiger partial charge >= 0.3 is 0 Å². The molecule has 0 spiro atoms. The maximum absolute atomic E-state index is 12.1. The van der Waals surface area contributed by atoms with Crippen LogP contribution >= 0.6 is 0 Å². The summed E-state index contributed by atoms with van der Waals surface area (Å²) in [5.74, 6) is 0.732. The summed E-state index contributed by atoms with van der Waals surface area (Å²) in [5.41, 5.74) is 0. The lowest BCUT2D eigenvalue weighted by molar-refractivity contribution is 0.421. The van der Waals surface area contributed by atoms with Crippen LogP contribution < -0.4 is 10.0 Å². The zero-order chi connectivity index (χ0) is 13.9. The Kier molecular flexibility index (Phi) is 4.54. The molecule has 0 bridgehead atoms. The summed E-state index contributed by atoms with van der Waals surface area (Å²) < 4.78 is 28.6. The summed E-state index contributed by atoms with van der Waals surface area (Å²) in [7, 11) is -1.52. The molecule has 1 aliphatic rings. The Morgan fingerprint density at radius 2 is 2.37 bits per heavy atom. The van der Waals surface area contributed by atoms with Gasteiger partial charge in [-0.25, -0.2) is 13.1 Å². The fourth-order valence-corrected chi connectivity index (χ4v) is 3.94. The molecule has 2 unspecified atom stereocenters. The normalized spacial score (nSPS) is 22.3. The molecule has 1 aromatic heterocycles. The second-order valence-electron chi connectivity index (χ2n) is 5.07. The summed E-state index contributed by atoms with van der Waals surface area (Å²) >= 11 is 0. The predicted octanol–water partition coefficient (Wildman–Crippen LogP) is -0.0624. The number of rotatable bonds is 5. The van der Waals surface area contributed by atoms with Crippen molar-refractivity contribution in [2.45, 2.75) is 38.3 Å². The summed E-state index contributed by atoms with van der Waals surface area (Å²) in [6.07, 6.45) is 4.69. The maximum atomic E-state index is 12.1. The van der Waals surface area contributed by atoms with Gasteiger partial charge in [-0.15, -0.1) is 10.2 Å². The van der Waals surface area contributed by atoms with Crippen LogP contribution in [0.2, 0.25) is 0 Å². The minimum atomic E-state index is -3.32. The van der Waals surface area contributed by atoms with Crippen LogP contribution in [0.5, 0.6) is 0 Å². The minimum Gasteiger partial charge on any atom is -0.319 e. The van der Waals surface area contributed by atoms with E-state index in [9.17, 15) is 8.42 Å². The largest absolute Gasteiger partial charge is 0.319 e. The van der Waals surface area contributed by atoms with Crippen molar-refractivity contribution in [2.75, 3.05) is 12.3 Å². The third kappa shape index (κ3) is 3.99. The average molecular weight is 287 g/mol. The van der Waals surface area contributed by atoms with Gasteiger partial charge < -0.3 is 9.88 Å². The first-order valence-electron chi connectivity index (χ1n) is 6.55.